The molecule has 0 aromatic heterocycles. The lowest BCUT2D eigenvalue weighted by atomic mass is 9.77. The maximum absolute atomic E-state index is 11.4. The summed E-state index contributed by atoms with van der Waals surface area (Å²) in [5.41, 5.74) is -0.609. The van der Waals surface area contributed by atoms with Crippen LogP contribution in [-0.4, -0.2) is 22.7 Å². The normalized spacial score (nSPS) is 45.1. The van der Waals surface area contributed by atoms with Gasteiger partial charge in [-0.05, 0) is 43.9 Å². The van der Waals surface area contributed by atoms with Crippen molar-refractivity contribution in [3.05, 3.63) is 0 Å². The van der Waals surface area contributed by atoms with Crippen molar-refractivity contribution in [2.45, 2.75) is 57.5 Å². The van der Waals surface area contributed by atoms with E-state index < -0.39 is 11.5 Å². The Morgan fingerprint density at radius 1 is 1.33 bits per heavy atom. The second-order valence-corrected chi connectivity index (χ2v) is 5.53. The zero-order chi connectivity index (χ0) is 11.1. The van der Waals surface area contributed by atoms with Crippen molar-refractivity contribution in [2.24, 2.45) is 11.8 Å². The summed E-state index contributed by atoms with van der Waals surface area (Å²) in [5.74, 6) is 0.713. The lowest BCUT2D eigenvalue weighted by Crippen LogP contribution is -2.55. The Morgan fingerprint density at radius 3 is 2.27 bits per heavy atom. The maximum atomic E-state index is 11.4. The molecule has 2 unspecified atom stereocenters. The number of aliphatic carboxylic acids is 1. The third-order valence-electron chi connectivity index (χ3n) is 4.11. The molecule has 0 amide bonds. The number of rotatable bonds is 3. The van der Waals surface area contributed by atoms with Crippen LogP contribution in [-0.2, 0) is 4.79 Å². The summed E-state index contributed by atoms with van der Waals surface area (Å²) in [6.07, 6.45) is 4.82. The fourth-order valence-corrected chi connectivity index (χ4v) is 2.55. The fourth-order valence-electron chi connectivity index (χ4n) is 2.55. The molecule has 3 nitrogen and oxygen atoms in total. The summed E-state index contributed by atoms with van der Waals surface area (Å²) in [6.45, 7) is 4.39. The number of carboxylic acid groups (broad SMARTS) is 1. The zero-order valence-corrected chi connectivity index (χ0v) is 9.62. The molecule has 3 heteroatoms. The molecule has 2 aliphatic rings. The van der Waals surface area contributed by atoms with Gasteiger partial charge in [-0.1, -0.05) is 13.8 Å². The van der Waals surface area contributed by atoms with E-state index in [0.717, 1.165) is 32.1 Å². The van der Waals surface area contributed by atoms with Gasteiger partial charge in [0.25, 0.3) is 0 Å². The minimum atomic E-state index is -0.645. The highest BCUT2D eigenvalue weighted by Gasteiger charge is 2.46. The van der Waals surface area contributed by atoms with E-state index >= 15 is 0 Å². The standard InChI is InChI=1S/C12H21NO2/c1-8-3-5-12(6-4-8,11(14)15)13-10-7-9(10)2/h8-10,13H,3-7H2,1-2H3,(H,14,15). The summed E-state index contributed by atoms with van der Waals surface area (Å²) < 4.78 is 0. The molecule has 2 atom stereocenters. The number of hydrogen-bond donors (Lipinski definition) is 2. The first-order chi connectivity index (χ1) is 7.03. The van der Waals surface area contributed by atoms with Crippen molar-refractivity contribution in [3.63, 3.8) is 0 Å². The van der Waals surface area contributed by atoms with Crippen LogP contribution in [0.1, 0.15) is 46.0 Å². The van der Waals surface area contributed by atoms with Gasteiger partial charge in [-0.25, -0.2) is 0 Å². The first-order valence-electron chi connectivity index (χ1n) is 6.04. The monoisotopic (exact) mass is 211 g/mol. The van der Waals surface area contributed by atoms with E-state index in [1.54, 1.807) is 0 Å². The summed E-state index contributed by atoms with van der Waals surface area (Å²) in [6, 6.07) is 0.453. The van der Waals surface area contributed by atoms with E-state index in [1.807, 2.05) is 0 Å². The van der Waals surface area contributed by atoms with Crippen LogP contribution in [0.4, 0.5) is 0 Å². The van der Waals surface area contributed by atoms with Gasteiger partial charge in [0, 0.05) is 6.04 Å². The highest BCUT2D eigenvalue weighted by molar-refractivity contribution is 5.79. The van der Waals surface area contributed by atoms with Crippen LogP contribution in [0, 0.1) is 11.8 Å². The van der Waals surface area contributed by atoms with Crippen LogP contribution in [0.3, 0.4) is 0 Å². The van der Waals surface area contributed by atoms with Gasteiger partial charge in [-0.15, -0.1) is 0 Å². The predicted octanol–water partition coefficient (Wildman–Crippen LogP) is 2.02. The van der Waals surface area contributed by atoms with Crippen molar-refractivity contribution in [1.82, 2.24) is 5.32 Å². The Labute approximate surface area is 91.2 Å². The fraction of sp³-hybridized carbons (Fsp3) is 0.917. The Bertz CT molecular complexity index is 256. The van der Waals surface area contributed by atoms with Crippen LogP contribution < -0.4 is 5.32 Å². The minimum absolute atomic E-state index is 0.453. The lowest BCUT2D eigenvalue weighted by molar-refractivity contribution is -0.147. The van der Waals surface area contributed by atoms with E-state index in [2.05, 4.69) is 19.2 Å². The molecule has 15 heavy (non-hydrogen) atoms. The minimum Gasteiger partial charge on any atom is -0.480 e. The van der Waals surface area contributed by atoms with Gasteiger partial charge < -0.3 is 5.11 Å². The van der Waals surface area contributed by atoms with Gasteiger partial charge in [-0.3, -0.25) is 10.1 Å². The Kier molecular flexibility index (Phi) is 2.75. The Morgan fingerprint density at radius 2 is 1.87 bits per heavy atom. The molecule has 2 aliphatic carbocycles. The van der Waals surface area contributed by atoms with Crippen LogP contribution in [0.2, 0.25) is 0 Å². The molecule has 0 aliphatic heterocycles. The molecule has 0 aromatic rings. The van der Waals surface area contributed by atoms with Crippen molar-refractivity contribution in [3.8, 4) is 0 Å². The van der Waals surface area contributed by atoms with E-state index in [4.69, 9.17) is 0 Å². The van der Waals surface area contributed by atoms with E-state index in [0.29, 0.717) is 17.9 Å². The SMILES string of the molecule is CC1CCC(NC2CC2C)(C(=O)O)CC1. The van der Waals surface area contributed by atoms with Crippen molar-refractivity contribution < 1.29 is 9.90 Å². The van der Waals surface area contributed by atoms with Crippen molar-refractivity contribution in [2.75, 3.05) is 0 Å². The van der Waals surface area contributed by atoms with Crippen LogP contribution >= 0.6 is 0 Å². The highest BCUT2D eigenvalue weighted by atomic mass is 16.4. The topological polar surface area (TPSA) is 49.3 Å². The molecular formula is C12H21NO2. The van der Waals surface area contributed by atoms with Gasteiger partial charge in [-0.2, -0.15) is 0 Å². The van der Waals surface area contributed by atoms with Crippen LogP contribution in [0.5, 0.6) is 0 Å². The Balaban J connectivity index is 2.00. The van der Waals surface area contributed by atoms with E-state index in [1.165, 1.54) is 0 Å². The summed E-state index contributed by atoms with van der Waals surface area (Å²) in [7, 11) is 0. The van der Waals surface area contributed by atoms with Gasteiger partial charge in [0.2, 0.25) is 0 Å². The first-order valence-corrected chi connectivity index (χ1v) is 6.04. The van der Waals surface area contributed by atoms with Gasteiger partial charge in [0.05, 0.1) is 0 Å². The maximum Gasteiger partial charge on any atom is 0.323 e. The molecule has 0 bridgehead atoms. The van der Waals surface area contributed by atoms with Crippen molar-refractivity contribution >= 4 is 5.97 Å². The predicted molar refractivity (Wildman–Crippen MR) is 58.7 cm³/mol. The molecule has 0 spiro atoms. The smallest absolute Gasteiger partial charge is 0.323 e. The van der Waals surface area contributed by atoms with E-state index in [9.17, 15) is 9.90 Å². The molecule has 0 aromatic carbocycles. The summed E-state index contributed by atoms with van der Waals surface area (Å²) in [5, 5.41) is 12.8. The molecule has 0 radical (unpaired) electrons. The average molecular weight is 211 g/mol. The number of hydrogen-bond acceptors (Lipinski definition) is 2. The molecule has 2 fully saturated rings. The molecule has 2 rings (SSSR count). The molecule has 2 N–H and O–H groups in total. The third-order valence-corrected chi connectivity index (χ3v) is 4.11. The number of carbonyl (C=O) groups is 1. The summed E-state index contributed by atoms with van der Waals surface area (Å²) >= 11 is 0. The highest BCUT2D eigenvalue weighted by Crippen LogP contribution is 2.37. The number of nitrogens with one attached hydrogen (secondary N) is 1. The molecule has 86 valence electrons. The molecular weight excluding hydrogens is 190 g/mol. The lowest BCUT2D eigenvalue weighted by Gasteiger charge is -2.37. The van der Waals surface area contributed by atoms with Crippen LogP contribution in [0.25, 0.3) is 0 Å². The van der Waals surface area contributed by atoms with Crippen molar-refractivity contribution in [1.29, 1.82) is 0 Å². The zero-order valence-electron chi connectivity index (χ0n) is 9.62. The van der Waals surface area contributed by atoms with Gasteiger partial charge in [0.15, 0.2) is 0 Å². The summed E-state index contributed by atoms with van der Waals surface area (Å²) in [4.78, 5) is 11.4. The largest absolute Gasteiger partial charge is 0.480 e. The second kappa shape index (κ2) is 3.78. The average Bonchev–Trinajstić information content (AvgIpc) is 2.86. The number of carboxylic acids is 1. The Hall–Kier alpha value is -0.570. The van der Waals surface area contributed by atoms with Crippen LogP contribution in [0.15, 0.2) is 0 Å². The third kappa shape index (κ3) is 2.17. The second-order valence-electron chi connectivity index (χ2n) is 5.53. The first kappa shape index (κ1) is 10.9. The quantitative estimate of drug-likeness (QED) is 0.751. The van der Waals surface area contributed by atoms with Gasteiger partial charge >= 0.3 is 5.97 Å². The molecule has 0 heterocycles. The molecule has 0 saturated heterocycles. The van der Waals surface area contributed by atoms with Gasteiger partial charge in [0.1, 0.15) is 5.54 Å². The molecule has 2 saturated carbocycles. The van der Waals surface area contributed by atoms with E-state index in [-0.39, 0.29) is 0 Å².